The number of benzene rings is 3. The minimum absolute atomic E-state index is 0.0572. The topological polar surface area (TPSA) is 36.0 Å². The van der Waals surface area contributed by atoms with Crippen molar-refractivity contribution in [3.8, 4) is 11.5 Å². The monoisotopic (exact) mass is 461 g/mol. The Morgan fingerprint density at radius 2 is 1.24 bits per heavy atom. The van der Waals surface area contributed by atoms with E-state index in [0.29, 0.717) is 11.5 Å². The molecule has 1 aliphatic rings. The highest BCUT2D eigenvalue weighted by molar-refractivity contribution is 8.14. The second-order valence-electron chi connectivity index (χ2n) is 7.77. The Kier molecular flexibility index (Phi) is 7.14. The van der Waals surface area contributed by atoms with Crippen LogP contribution in [0.5, 0.6) is 11.5 Å². The molecule has 1 heterocycles. The highest BCUT2D eigenvalue weighted by Gasteiger charge is 2.31. The fourth-order valence-corrected chi connectivity index (χ4v) is 4.97. The lowest BCUT2D eigenvalue weighted by molar-refractivity contribution is 0.266. The summed E-state index contributed by atoms with van der Waals surface area (Å²) < 4.78 is 6.41. The average Bonchev–Trinajstić information content (AvgIpc) is 2.84. The van der Waals surface area contributed by atoms with Gasteiger partial charge >= 0.3 is 0 Å². The number of thioether (sulfide) groups is 1. The van der Waals surface area contributed by atoms with Gasteiger partial charge in [0, 0.05) is 54.6 Å². The molecule has 0 radical (unpaired) electrons. The molecule has 0 fully saturated rings. The van der Waals surface area contributed by atoms with E-state index in [4.69, 9.17) is 4.74 Å². The second kappa shape index (κ2) is 10.2. The molecule has 0 aliphatic carbocycles. The van der Waals surface area contributed by atoms with E-state index in [0.717, 1.165) is 53.8 Å². The first-order valence-electron chi connectivity index (χ1n) is 11.6. The summed E-state index contributed by atoms with van der Waals surface area (Å²) >= 11 is 1.23. The molecule has 0 aromatic heterocycles. The van der Waals surface area contributed by atoms with Crippen LogP contribution in [0.2, 0.25) is 0 Å². The van der Waals surface area contributed by atoms with Crippen molar-refractivity contribution < 1.29 is 9.53 Å². The molecule has 1 amide bonds. The summed E-state index contributed by atoms with van der Waals surface area (Å²) in [5.74, 6) is 1.40. The van der Waals surface area contributed by atoms with Gasteiger partial charge in [-0.2, -0.15) is 0 Å². The predicted molar refractivity (Wildman–Crippen MR) is 140 cm³/mol. The van der Waals surface area contributed by atoms with Crippen LogP contribution in [0.4, 0.5) is 27.5 Å². The zero-order valence-corrected chi connectivity index (χ0v) is 20.6. The molecule has 0 N–H and O–H groups in total. The minimum Gasteiger partial charge on any atom is -0.453 e. The van der Waals surface area contributed by atoms with Crippen LogP contribution in [0, 0.1) is 0 Å². The quantitative estimate of drug-likeness (QED) is 0.340. The summed E-state index contributed by atoms with van der Waals surface area (Å²) in [6, 6.07) is 22.0. The lowest BCUT2D eigenvalue weighted by Gasteiger charge is -2.33. The number of nitrogens with zero attached hydrogens (tertiary/aromatic N) is 3. The van der Waals surface area contributed by atoms with Gasteiger partial charge in [0.2, 0.25) is 0 Å². The van der Waals surface area contributed by atoms with Gasteiger partial charge in [-0.05, 0) is 75.9 Å². The number of carbonyl (C=O) groups is 1. The van der Waals surface area contributed by atoms with Crippen LogP contribution in [0.15, 0.2) is 71.6 Å². The van der Waals surface area contributed by atoms with E-state index >= 15 is 0 Å². The smallest absolute Gasteiger partial charge is 0.295 e. The molecule has 33 heavy (non-hydrogen) atoms. The Morgan fingerprint density at radius 3 is 1.70 bits per heavy atom. The molecule has 6 heteroatoms. The standard InChI is InChI=1S/C27H31N3O2S/c1-5-28(6-2)20-14-16-23-25(18-20)32-26-19-21(29(7-3)8-4)15-17-24(26)30(23)27(31)33-22-12-10-9-11-13-22/h9-19H,5-8H2,1-4H3. The van der Waals surface area contributed by atoms with Gasteiger partial charge in [-0.1, -0.05) is 18.2 Å². The number of carbonyl (C=O) groups excluding carboxylic acids is 1. The lowest BCUT2D eigenvalue weighted by atomic mass is 10.1. The summed E-state index contributed by atoms with van der Waals surface area (Å²) in [5, 5.41) is -0.0572. The molecule has 0 spiro atoms. The van der Waals surface area contributed by atoms with Crippen molar-refractivity contribution >= 4 is 39.8 Å². The molecule has 3 aromatic rings. The third-order valence-corrected chi connectivity index (χ3v) is 6.84. The van der Waals surface area contributed by atoms with E-state index in [1.54, 1.807) is 4.90 Å². The number of anilines is 4. The van der Waals surface area contributed by atoms with Crippen LogP contribution in [0.25, 0.3) is 0 Å². The molecule has 0 unspecified atom stereocenters. The number of ether oxygens (including phenoxy) is 1. The fraction of sp³-hybridized carbons (Fsp3) is 0.296. The van der Waals surface area contributed by atoms with Crippen LogP contribution < -0.4 is 19.4 Å². The van der Waals surface area contributed by atoms with Crippen LogP contribution in [-0.2, 0) is 0 Å². The highest BCUT2D eigenvalue weighted by atomic mass is 32.2. The molecule has 0 saturated carbocycles. The fourth-order valence-electron chi connectivity index (χ4n) is 4.19. The van der Waals surface area contributed by atoms with E-state index in [-0.39, 0.29) is 5.24 Å². The largest absolute Gasteiger partial charge is 0.453 e. The van der Waals surface area contributed by atoms with Gasteiger partial charge in [0.25, 0.3) is 5.24 Å². The number of rotatable bonds is 7. The summed E-state index contributed by atoms with van der Waals surface area (Å²) in [6.07, 6.45) is 0. The lowest BCUT2D eigenvalue weighted by Crippen LogP contribution is -2.27. The Balaban J connectivity index is 1.78. The van der Waals surface area contributed by atoms with E-state index in [9.17, 15) is 4.79 Å². The second-order valence-corrected chi connectivity index (χ2v) is 8.79. The van der Waals surface area contributed by atoms with Crippen LogP contribution in [0.3, 0.4) is 0 Å². The van der Waals surface area contributed by atoms with E-state index < -0.39 is 0 Å². The molecule has 3 aromatic carbocycles. The molecule has 0 bridgehead atoms. The highest BCUT2D eigenvalue weighted by Crippen LogP contribution is 2.50. The Labute approximate surface area is 201 Å². The number of fused-ring (bicyclic) bond motifs is 2. The van der Waals surface area contributed by atoms with Crippen LogP contribution in [0.1, 0.15) is 27.7 Å². The maximum atomic E-state index is 13.6. The minimum atomic E-state index is -0.0572. The van der Waals surface area contributed by atoms with Crippen molar-refractivity contribution in [3.05, 3.63) is 66.7 Å². The molecule has 1 aliphatic heterocycles. The van der Waals surface area contributed by atoms with Gasteiger partial charge in [0.1, 0.15) is 0 Å². The molecule has 0 atom stereocenters. The van der Waals surface area contributed by atoms with E-state index in [2.05, 4.69) is 49.6 Å². The molecule has 5 nitrogen and oxygen atoms in total. The first-order valence-corrected chi connectivity index (χ1v) is 12.4. The van der Waals surface area contributed by atoms with Crippen molar-refractivity contribution in [3.63, 3.8) is 0 Å². The van der Waals surface area contributed by atoms with Crippen LogP contribution in [-0.4, -0.2) is 31.4 Å². The molecule has 172 valence electrons. The molecule has 4 rings (SSSR count). The summed E-state index contributed by atoms with van der Waals surface area (Å²) in [7, 11) is 0. The van der Waals surface area contributed by atoms with Gasteiger partial charge in [-0.25, -0.2) is 0 Å². The first kappa shape index (κ1) is 23.1. The molecular formula is C27H31N3O2S. The van der Waals surface area contributed by atoms with E-state index in [1.807, 2.05) is 54.6 Å². The van der Waals surface area contributed by atoms with Crippen molar-refractivity contribution in [1.82, 2.24) is 0 Å². The third kappa shape index (κ3) is 4.67. The zero-order chi connectivity index (χ0) is 23.4. The van der Waals surface area contributed by atoms with Gasteiger partial charge in [0.05, 0.1) is 11.4 Å². The maximum absolute atomic E-state index is 13.6. The molecular weight excluding hydrogens is 430 g/mol. The average molecular weight is 462 g/mol. The summed E-state index contributed by atoms with van der Waals surface area (Å²) in [5.41, 5.74) is 3.71. The van der Waals surface area contributed by atoms with Gasteiger partial charge < -0.3 is 14.5 Å². The third-order valence-electron chi connectivity index (χ3n) is 5.98. The normalized spacial score (nSPS) is 11.9. The van der Waals surface area contributed by atoms with Crippen molar-refractivity contribution in [2.45, 2.75) is 32.6 Å². The number of amides is 1. The Hall–Kier alpha value is -3.12. The predicted octanol–water partition coefficient (Wildman–Crippen LogP) is 7.54. The Morgan fingerprint density at radius 1 is 0.758 bits per heavy atom. The maximum Gasteiger partial charge on any atom is 0.295 e. The number of hydrogen-bond donors (Lipinski definition) is 0. The first-order chi connectivity index (χ1) is 16.1. The van der Waals surface area contributed by atoms with Crippen molar-refractivity contribution in [2.24, 2.45) is 0 Å². The van der Waals surface area contributed by atoms with Gasteiger partial charge in [0.15, 0.2) is 11.5 Å². The SMILES string of the molecule is CCN(CC)c1ccc2c(c1)Oc1cc(N(CC)CC)ccc1N2C(=O)Sc1ccccc1. The van der Waals surface area contributed by atoms with Gasteiger partial charge in [-0.3, -0.25) is 9.69 Å². The van der Waals surface area contributed by atoms with Gasteiger partial charge in [-0.15, -0.1) is 0 Å². The van der Waals surface area contributed by atoms with E-state index in [1.165, 1.54) is 11.8 Å². The van der Waals surface area contributed by atoms with Crippen LogP contribution >= 0.6 is 11.8 Å². The van der Waals surface area contributed by atoms with Crippen molar-refractivity contribution in [1.29, 1.82) is 0 Å². The zero-order valence-electron chi connectivity index (χ0n) is 19.7. The Bertz CT molecular complexity index is 1050. The number of hydrogen-bond acceptors (Lipinski definition) is 5. The molecule has 0 saturated heterocycles. The summed E-state index contributed by atoms with van der Waals surface area (Å²) in [4.78, 5) is 20.8. The van der Waals surface area contributed by atoms with Crippen molar-refractivity contribution in [2.75, 3.05) is 40.9 Å². The summed E-state index contributed by atoms with van der Waals surface area (Å²) in [6.45, 7) is 12.2.